The summed E-state index contributed by atoms with van der Waals surface area (Å²) in [6.45, 7) is 9.55. The van der Waals surface area contributed by atoms with Gasteiger partial charge in [-0.1, -0.05) is 13.8 Å². The van der Waals surface area contributed by atoms with Crippen LogP contribution < -0.4 is 5.32 Å². The van der Waals surface area contributed by atoms with E-state index < -0.39 is 11.7 Å². The number of aromatic nitrogens is 4. The number of rotatable bonds is 5. The quantitative estimate of drug-likeness (QED) is 0.619. The van der Waals surface area contributed by atoms with Crippen LogP contribution in [0.4, 0.5) is 10.6 Å². The van der Waals surface area contributed by atoms with Crippen LogP contribution in [0, 0.1) is 5.92 Å². The molecule has 3 aromatic rings. The third kappa shape index (κ3) is 4.17. The lowest BCUT2D eigenvalue weighted by Gasteiger charge is -2.20. The Morgan fingerprint density at radius 3 is 2.75 bits per heavy atom. The smallest absolute Gasteiger partial charge is 0.419 e. The van der Waals surface area contributed by atoms with Gasteiger partial charge in [-0.25, -0.2) is 14.8 Å². The Balaban J connectivity index is 1.97. The Hall–Kier alpha value is -2.87. The van der Waals surface area contributed by atoms with Crippen molar-refractivity contribution >= 4 is 22.9 Å². The maximum Gasteiger partial charge on any atom is 0.419 e. The number of carbonyl (C=O) groups excluding carboxylic acids is 1. The molecule has 0 saturated heterocycles. The molecule has 3 N–H and O–H groups in total. The second-order valence-corrected chi connectivity index (χ2v) is 8.09. The zero-order valence-electron chi connectivity index (χ0n) is 16.9. The Morgan fingerprint density at radius 2 is 2.11 bits per heavy atom. The molecule has 3 aromatic heterocycles. The molecule has 0 aliphatic heterocycles. The summed E-state index contributed by atoms with van der Waals surface area (Å²) in [6.07, 6.45) is 2.68. The summed E-state index contributed by atoms with van der Waals surface area (Å²) in [7, 11) is 0. The van der Waals surface area contributed by atoms with E-state index in [1.54, 1.807) is 12.3 Å². The molecule has 0 spiro atoms. The van der Waals surface area contributed by atoms with Gasteiger partial charge in [0.1, 0.15) is 23.4 Å². The van der Waals surface area contributed by atoms with E-state index in [1.807, 2.05) is 46.8 Å². The summed E-state index contributed by atoms with van der Waals surface area (Å²) >= 11 is 0. The number of anilines is 1. The Bertz CT molecular complexity index is 968. The van der Waals surface area contributed by atoms with Gasteiger partial charge in [0.15, 0.2) is 0 Å². The fourth-order valence-electron chi connectivity index (χ4n) is 2.86. The lowest BCUT2D eigenvalue weighted by molar-refractivity contribution is 0.0540. The van der Waals surface area contributed by atoms with Gasteiger partial charge in [0, 0.05) is 6.20 Å². The molecular weight excluding hydrogens is 358 g/mol. The van der Waals surface area contributed by atoms with E-state index in [4.69, 9.17) is 4.74 Å². The maximum atomic E-state index is 12.5. The van der Waals surface area contributed by atoms with Gasteiger partial charge >= 0.3 is 6.09 Å². The zero-order valence-corrected chi connectivity index (χ0v) is 16.9. The molecule has 0 aromatic carbocycles. The van der Waals surface area contributed by atoms with Crippen LogP contribution in [0.25, 0.3) is 22.4 Å². The SMILES string of the molecule is CC(C)[C@H](CO)Nc1ncnc2[nH]c(-c3cccn3C(=O)OC(C)(C)C)cc12. The zero-order chi connectivity index (χ0) is 20.5. The van der Waals surface area contributed by atoms with Crippen LogP contribution >= 0.6 is 0 Å². The summed E-state index contributed by atoms with van der Waals surface area (Å²) < 4.78 is 6.94. The molecule has 28 heavy (non-hydrogen) atoms. The maximum absolute atomic E-state index is 12.5. The van der Waals surface area contributed by atoms with E-state index in [1.165, 1.54) is 10.9 Å². The van der Waals surface area contributed by atoms with E-state index in [0.717, 1.165) is 11.1 Å². The molecule has 0 fully saturated rings. The molecule has 0 saturated carbocycles. The first kappa shape index (κ1) is 19.9. The summed E-state index contributed by atoms with van der Waals surface area (Å²) in [5.41, 5.74) is 1.45. The van der Waals surface area contributed by atoms with Gasteiger partial charge < -0.3 is 20.1 Å². The van der Waals surface area contributed by atoms with Crippen LogP contribution in [0.3, 0.4) is 0 Å². The van der Waals surface area contributed by atoms with Crippen molar-refractivity contribution in [3.05, 3.63) is 30.7 Å². The number of hydrogen-bond donors (Lipinski definition) is 3. The number of nitrogens with one attached hydrogen (secondary N) is 2. The predicted octanol–water partition coefficient (Wildman–Crippen LogP) is 3.64. The van der Waals surface area contributed by atoms with Crippen LogP contribution in [-0.4, -0.2) is 49.0 Å². The molecule has 0 unspecified atom stereocenters. The number of carbonyl (C=O) groups is 1. The number of hydrogen-bond acceptors (Lipinski definition) is 6. The highest BCUT2D eigenvalue weighted by molar-refractivity contribution is 5.92. The van der Waals surface area contributed by atoms with E-state index >= 15 is 0 Å². The number of ether oxygens (including phenoxy) is 1. The minimum Gasteiger partial charge on any atom is -0.443 e. The fraction of sp³-hybridized carbons (Fsp3) is 0.450. The summed E-state index contributed by atoms with van der Waals surface area (Å²) in [4.78, 5) is 24.4. The molecule has 3 rings (SSSR count). The molecule has 150 valence electrons. The van der Waals surface area contributed by atoms with Gasteiger partial charge in [-0.3, -0.25) is 4.57 Å². The minimum absolute atomic E-state index is 0.00192. The minimum atomic E-state index is -0.586. The van der Waals surface area contributed by atoms with E-state index in [2.05, 4.69) is 20.3 Å². The van der Waals surface area contributed by atoms with Crippen LogP contribution in [-0.2, 0) is 4.74 Å². The Kier molecular flexibility index (Phi) is 5.42. The second kappa shape index (κ2) is 7.63. The number of aromatic amines is 1. The molecule has 0 bridgehead atoms. The third-order valence-electron chi connectivity index (χ3n) is 4.36. The molecule has 0 radical (unpaired) electrons. The van der Waals surface area contributed by atoms with E-state index in [0.29, 0.717) is 17.2 Å². The first-order valence-electron chi connectivity index (χ1n) is 9.32. The average Bonchev–Trinajstić information content (AvgIpc) is 3.24. The summed E-state index contributed by atoms with van der Waals surface area (Å²) in [5.74, 6) is 0.869. The predicted molar refractivity (Wildman–Crippen MR) is 108 cm³/mol. The molecule has 1 atom stereocenters. The number of H-pyrrole nitrogens is 1. The molecule has 0 aliphatic rings. The molecule has 8 heteroatoms. The first-order valence-corrected chi connectivity index (χ1v) is 9.32. The highest BCUT2D eigenvalue weighted by Gasteiger charge is 2.21. The monoisotopic (exact) mass is 385 g/mol. The van der Waals surface area contributed by atoms with Crippen molar-refractivity contribution in [3.8, 4) is 11.4 Å². The largest absolute Gasteiger partial charge is 0.443 e. The van der Waals surface area contributed by atoms with Gasteiger partial charge in [0.25, 0.3) is 0 Å². The number of fused-ring (bicyclic) bond motifs is 1. The van der Waals surface area contributed by atoms with Crippen molar-refractivity contribution in [1.82, 2.24) is 19.5 Å². The van der Waals surface area contributed by atoms with Gasteiger partial charge in [-0.15, -0.1) is 0 Å². The van der Waals surface area contributed by atoms with Crippen LogP contribution in [0.15, 0.2) is 30.7 Å². The van der Waals surface area contributed by atoms with Crippen molar-refractivity contribution in [1.29, 1.82) is 0 Å². The second-order valence-electron chi connectivity index (χ2n) is 8.09. The van der Waals surface area contributed by atoms with Gasteiger partial charge in [0.05, 0.1) is 29.4 Å². The lowest BCUT2D eigenvalue weighted by atomic mass is 10.1. The normalized spacial score (nSPS) is 13.1. The fourth-order valence-corrected chi connectivity index (χ4v) is 2.86. The molecule has 8 nitrogen and oxygen atoms in total. The van der Waals surface area contributed by atoms with Gasteiger partial charge in [-0.05, 0) is 44.9 Å². The number of aliphatic hydroxyl groups excluding tert-OH is 1. The molecule has 3 heterocycles. The van der Waals surface area contributed by atoms with E-state index in [9.17, 15) is 9.90 Å². The standard InChI is InChI=1S/C20H27N5O3/c1-12(2)15(10-26)24-18-13-9-14(23-17(13)21-11-22-18)16-7-6-8-25(16)19(27)28-20(3,4)5/h6-9,11-12,15,26H,10H2,1-5H3,(H2,21,22,23,24)/t15-/m0/s1. The molecule has 0 amide bonds. The van der Waals surface area contributed by atoms with Gasteiger partial charge in [0.2, 0.25) is 0 Å². The van der Waals surface area contributed by atoms with Crippen LogP contribution in [0.5, 0.6) is 0 Å². The van der Waals surface area contributed by atoms with Crippen molar-refractivity contribution in [2.24, 2.45) is 5.92 Å². The highest BCUT2D eigenvalue weighted by atomic mass is 16.6. The number of nitrogens with zero attached hydrogens (tertiary/aromatic N) is 3. The van der Waals surface area contributed by atoms with Crippen molar-refractivity contribution in [2.45, 2.75) is 46.3 Å². The number of aliphatic hydroxyl groups is 1. The van der Waals surface area contributed by atoms with Crippen molar-refractivity contribution in [2.75, 3.05) is 11.9 Å². The van der Waals surface area contributed by atoms with E-state index in [-0.39, 0.29) is 18.6 Å². The topological polar surface area (TPSA) is 105 Å². The summed E-state index contributed by atoms with van der Waals surface area (Å²) in [6, 6.07) is 5.39. The van der Waals surface area contributed by atoms with Crippen molar-refractivity contribution < 1.29 is 14.6 Å². The van der Waals surface area contributed by atoms with Crippen LogP contribution in [0.1, 0.15) is 34.6 Å². The average molecular weight is 385 g/mol. The van der Waals surface area contributed by atoms with Crippen LogP contribution in [0.2, 0.25) is 0 Å². The Morgan fingerprint density at radius 1 is 1.36 bits per heavy atom. The van der Waals surface area contributed by atoms with Crippen molar-refractivity contribution in [3.63, 3.8) is 0 Å². The first-order chi connectivity index (χ1) is 13.2. The summed E-state index contributed by atoms with van der Waals surface area (Å²) in [5, 5.41) is 13.7. The molecule has 0 aliphatic carbocycles. The Labute approximate surface area is 164 Å². The van der Waals surface area contributed by atoms with Gasteiger partial charge in [-0.2, -0.15) is 0 Å². The third-order valence-corrected chi connectivity index (χ3v) is 4.36. The lowest BCUT2D eigenvalue weighted by Crippen LogP contribution is -2.29. The highest BCUT2D eigenvalue weighted by Crippen LogP contribution is 2.28. The molecular formula is C20H27N5O3.